The summed E-state index contributed by atoms with van der Waals surface area (Å²) in [6, 6.07) is 19.5. The number of benzene rings is 2. The van der Waals surface area contributed by atoms with E-state index in [0.29, 0.717) is 0 Å². The van der Waals surface area contributed by atoms with Crippen molar-refractivity contribution in [1.29, 1.82) is 0 Å². The van der Waals surface area contributed by atoms with Crippen molar-refractivity contribution in [2.24, 2.45) is 4.99 Å². The van der Waals surface area contributed by atoms with Crippen molar-refractivity contribution in [3.63, 3.8) is 0 Å². The summed E-state index contributed by atoms with van der Waals surface area (Å²) < 4.78 is 5.65. The Labute approximate surface area is 175 Å². The van der Waals surface area contributed by atoms with Gasteiger partial charge >= 0.3 is 0 Å². The van der Waals surface area contributed by atoms with Crippen LogP contribution < -0.4 is 16.0 Å². The van der Waals surface area contributed by atoms with E-state index in [0.717, 1.165) is 45.1 Å². The molecule has 0 amide bonds. The first kappa shape index (κ1) is 21.3. The lowest BCUT2D eigenvalue weighted by Gasteiger charge is -2.41. The second-order valence-corrected chi connectivity index (χ2v) is 7.93. The van der Waals surface area contributed by atoms with E-state index < -0.39 is 0 Å². The van der Waals surface area contributed by atoms with Crippen LogP contribution in [0.3, 0.4) is 0 Å². The van der Waals surface area contributed by atoms with E-state index in [4.69, 9.17) is 4.74 Å². The molecule has 1 fully saturated rings. The highest BCUT2D eigenvalue weighted by atomic mass is 16.5. The highest BCUT2D eigenvalue weighted by molar-refractivity contribution is 5.79. The van der Waals surface area contributed by atoms with Gasteiger partial charge in [0.05, 0.1) is 0 Å². The van der Waals surface area contributed by atoms with E-state index in [1.165, 1.54) is 16.7 Å². The number of guanidine groups is 1. The van der Waals surface area contributed by atoms with E-state index in [9.17, 15) is 0 Å². The zero-order valence-corrected chi connectivity index (χ0v) is 17.9. The molecule has 0 aliphatic carbocycles. The molecule has 0 saturated carbocycles. The molecule has 5 heteroatoms. The van der Waals surface area contributed by atoms with E-state index in [2.05, 4.69) is 89.4 Å². The molecule has 1 aliphatic heterocycles. The van der Waals surface area contributed by atoms with Gasteiger partial charge in [0.2, 0.25) is 0 Å². The lowest BCUT2D eigenvalue weighted by atomic mass is 9.88. The fourth-order valence-electron chi connectivity index (χ4n) is 3.78. The maximum absolute atomic E-state index is 5.65. The third-order valence-corrected chi connectivity index (χ3v) is 5.67. The molecule has 0 bridgehead atoms. The summed E-state index contributed by atoms with van der Waals surface area (Å²) >= 11 is 0. The Morgan fingerprint density at radius 1 is 1.03 bits per heavy atom. The molecule has 3 N–H and O–H groups in total. The molecule has 0 spiro atoms. The monoisotopic (exact) mass is 394 g/mol. The minimum absolute atomic E-state index is 0.0189. The summed E-state index contributed by atoms with van der Waals surface area (Å²) in [7, 11) is 1.82. The van der Waals surface area contributed by atoms with Crippen LogP contribution in [0.5, 0.6) is 0 Å². The van der Waals surface area contributed by atoms with E-state index in [1.54, 1.807) is 0 Å². The van der Waals surface area contributed by atoms with Crippen LogP contribution in [0, 0.1) is 6.92 Å². The van der Waals surface area contributed by atoms with Crippen molar-refractivity contribution in [2.75, 3.05) is 26.8 Å². The molecule has 0 aromatic heterocycles. The molecule has 1 atom stereocenters. The third-order valence-electron chi connectivity index (χ3n) is 5.67. The number of ether oxygens (including phenoxy) is 1. The summed E-state index contributed by atoms with van der Waals surface area (Å²) in [6.45, 7) is 7.47. The minimum Gasteiger partial charge on any atom is -0.381 e. The number of nitrogens with one attached hydrogen (secondary N) is 3. The Morgan fingerprint density at radius 3 is 2.38 bits per heavy atom. The second kappa shape index (κ2) is 10.4. The van der Waals surface area contributed by atoms with Crippen molar-refractivity contribution in [3.8, 4) is 0 Å². The molecular weight excluding hydrogens is 360 g/mol. The van der Waals surface area contributed by atoms with Gasteiger partial charge in [0.15, 0.2) is 5.96 Å². The first-order valence-electron chi connectivity index (χ1n) is 10.5. The van der Waals surface area contributed by atoms with Gasteiger partial charge in [-0.25, -0.2) is 0 Å². The van der Waals surface area contributed by atoms with Crippen molar-refractivity contribution >= 4 is 5.96 Å². The lowest BCUT2D eigenvalue weighted by Crippen LogP contribution is -2.58. The predicted octanol–water partition coefficient (Wildman–Crippen LogP) is 3.56. The number of aryl methyl sites for hydroxylation is 1. The van der Waals surface area contributed by atoms with Crippen LogP contribution in [0.25, 0.3) is 0 Å². The van der Waals surface area contributed by atoms with Gasteiger partial charge in [0.25, 0.3) is 0 Å². The van der Waals surface area contributed by atoms with Gasteiger partial charge in [-0.05, 0) is 37.8 Å². The lowest BCUT2D eigenvalue weighted by molar-refractivity contribution is 0.0355. The second-order valence-electron chi connectivity index (χ2n) is 7.93. The topological polar surface area (TPSA) is 57.7 Å². The molecule has 29 heavy (non-hydrogen) atoms. The van der Waals surface area contributed by atoms with Gasteiger partial charge in [-0.2, -0.15) is 0 Å². The maximum Gasteiger partial charge on any atom is 0.191 e. The molecule has 1 saturated heterocycles. The fourth-order valence-corrected chi connectivity index (χ4v) is 3.78. The number of nitrogens with zero attached hydrogens (tertiary/aromatic N) is 1. The van der Waals surface area contributed by atoms with Crippen LogP contribution >= 0.6 is 0 Å². The summed E-state index contributed by atoms with van der Waals surface area (Å²) in [5, 5.41) is 10.8. The summed E-state index contributed by atoms with van der Waals surface area (Å²) in [5.41, 5.74) is 3.81. The van der Waals surface area contributed by atoms with Gasteiger partial charge in [0, 0.05) is 44.9 Å². The Bertz CT molecular complexity index is 767. The average molecular weight is 395 g/mol. The van der Waals surface area contributed by atoms with E-state index >= 15 is 0 Å². The molecule has 3 rings (SSSR count). The number of hydrogen-bond donors (Lipinski definition) is 3. The Morgan fingerprint density at radius 2 is 1.72 bits per heavy atom. The molecule has 5 nitrogen and oxygen atoms in total. The molecule has 2 aromatic rings. The van der Waals surface area contributed by atoms with Crippen molar-refractivity contribution in [1.82, 2.24) is 16.0 Å². The number of aliphatic imine (C=N–C) groups is 1. The van der Waals surface area contributed by atoms with E-state index in [1.807, 2.05) is 7.05 Å². The molecule has 1 aliphatic rings. The van der Waals surface area contributed by atoms with Crippen LogP contribution in [-0.2, 0) is 11.3 Å². The van der Waals surface area contributed by atoms with Crippen molar-refractivity contribution in [3.05, 3.63) is 71.3 Å². The molecule has 1 heterocycles. The fraction of sp³-hybridized carbons (Fsp3) is 0.458. The van der Waals surface area contributed by atoms with Gasteiger partial charge in [-0.15, -0.1) is 0 Å². The molecular formula is C24H34N4O. The van der Waals surface area contributed by atoms with Crippen molar-refractivity contribution < 1.29 is 4.74 Å². The van der Waals surface area contributed by atoms with Gasteiger partial charge in [-0.1, -0.05) is 60.2 Å². The highest BCUT2D eigenvalue weighted by Crippen LogP contribution is 2.25. The molecule has 1 unspecified atom stereocenters. The SMILES string of the molecule is CN=C(NCc1ccc(C)cc1)NCC1(NC(C)c2ccccc2)CCOCC1. The summed E-state index contributed by atoms with van der Waals surface area (Å²) in [6.07, 6.45) is 1.96. The third kappa shape index (κ3) is 6.31. The molecule has 0 radical (unpaired) electrons. The zero-order valence-electron chi connectivity index (χ0n) is 17.9. The Kier molecular flexibility index (Phi) is 7.67. The van der Waals surface area contributed by atoms with Gasteiger partial charge in [-0.3, -0.25) is 4.99 Å². The van der Waals surface area contributed by atoms with Crippen LogP contribution in [0.4, 0.5) is 0 Å². The quantitative estimate of drug-likeness (QED) is 0.496. The van der Waals surface area contributed by atoms with Crippen LogP contribution in [0.2, 0.25) is 0 Å². The maximum atomic E-state index is 5.65. The summed E-state index contributed by atoms with van der Waals surface area (Å²) in [4.78, 5) is 4.41. The van der Waals surface area contributed by atoms with Crippen LogP contribution in [-0.4, -0.2) is 38.3 Å². The Balaban J connectivity index is 1.59. The van der Waals surface area contributed by atoms with Crippen LogP contribution in [0.15, 0.2) is 59.6 Å². The van der Waals surface area contributed by atoms with Gasteiger partial charge < -0.3 is 20.7 Å². The van der Waals surface area contributed by atoms with Gasteiger partial charge in [0.1, 0.15) is 0 Å². The number of rotatable bonds is 7. The number of hydrogen-bond acceptors (Lipinski definition) is 3. The van der Waals surface area contributed by atoms with Crippen molar-refractivity contribution in [2.45, 2.75) is 44.8 Å². The Hall–Kier alpha value is -2.37. The minimum atomic E-state index is -0.0189. The zero-order chi connectivity index (χ0) is 20.5. The molecule has 2 aromatic carbocycles. The standard InChI is InChI=1S/C24H34N4O/c1-19-9-11-21(12-10-19)17-26-23(25-3)27-18-24(13-15-29-16-14-24)28-20(2)22-7-5-4-6-8-22/h4-12,20,28H,13-18H2,1-3H3,(H2,25,26,27). The van der Waals surface area contributed by atoms with E-state index in [-0.39, 0.29) is 11.6 Å². The first-order chi connectivity index (χ1) is 14.1. The average Bonchev–Trinajstić information content (AvgIpc) is 2.76. The summed E-state index contributed by atoms with van der Waals surface area (Å²) in [5.74, 6) is 0.825. The highest BCUT2D eigenvalue weighted by Gasteiger charge is 2.34. The van der Waals surface area contributed by atoms with Crippen LogP contribution in [0.1, 0.15) is 42.5 Å². The largest absolute Gasteiger partial charge is 0.381 e. The predicted molar refractivity (Wildman–Crippen MR) is 120 cm³/mol. The normalized spacial score (nSPS) is 17.6. The molecule has 156 valence electrons. The smallest absolute Gasteiger partial charge is 0.191 e. The first-order valence-corrected chi connectivity index (χ1v) is 10.5.